The van der Waals surface area contributed by atoms with E-state index in [1.165, 1.54) is 0 Å². The van der Waals surface area contributed by atoms with Crippen molar-refractivity contribution in [2.45, 2.75) is 39.7 Å². The molecule has 0 aromatic carbocycles. The Labute approximate surface area is 94.9 Å². The predicted octanol–water partition coefficient (Wildman–Crippen LogP) is 1.95. The number of Topliss-reactive ketones (excluding diaryl/α,β-unsaturated/α-hetero) is 1. The molecule has 0 aliphatic carbocycles. The monoisotopic (exact) mass is 226 g/mol. The minimum atomic E-state index is 0.258. The highest BCUT2D eigenvalue weighted by Crippen LogP contribution is 2.09. The van der Waals surface area contributed by atoms with Gasteiger partial charge in [0, 0.05) is 30.8 Å². The summed E-state index contributed by atoms with van der Waals surface area (Å²) in [4.78, 5) is 15.8. The number of thiazole rings is 1. The number of nitrogens with zero attached hydrogens (tertiary/aromatic N) is 1. The van der Waals surface area contributed by atoms with Crippen LogP contribution in [0, 0.1) is 6.92 Å². The molecule has 84 valence electrons. The Morgan fingerprint density at radius 1 is 1.60 bits per heavy atom. The third-order valence-electron chi connectivity index (χ3n) is 2.00. The second kappa shape index (κ2) is 5.98. The van der Waals surface area contributed by atoms with Crippen LogP contribution in [0.5, 0.6) is 0 Å². The van der Waals surface area contributed by atoms with Crippen molar-refractivity contribution in [3.63, 3.8) is 0 Å². The normalized spacial score (nSPS) is 10.9. The first kappa shape index (κ1) is 12.3. The van der Waals surface area contributed by atoms with E-state index >= 15 is 0 Å². The van der Waals surface area contributed by atoms with Crippen LogP contribution < -0.4 is 5.32 Å². The predicted molar refractivity (Wildman–Crippen MR) is 63.3 cm³/mol. The topological polar surface area (TPSA) is 42.0 Å². The summed E-state index contributed by atoms with van der Waals surface area (Å²) >= 11 is 1.60. The Balaban J connectivity index is 2.24. The van der Waals surface area contributed by atoms with Gasteiger partial charge < -0.3 is 5.32 Å². The Morgan fingerprint density at radius 2 is 2.33 bits per heavy atom. The summed E-state index contributed by atoms with van der Waals surface area (Å²) in [5.41, 5.74) is 0.909. The first-order chi connectivity index (χ1) is 7.08. The number of ketones is 1. The molecule has 0 aliphatic rings. The van der Waals surface area contributed by atoms with Gasteiger partial charge in [-0.2, -0.15) is 0 Å². The minimum Gasteiger partial charge on any atom is -0.314 e. The van der Waals surface area contributed by atoms with Crippen LogP contribution in [0.15, 0.2) is 5.38 Å². The lowest BCUT2D eigenvalue weighted by atomic mass is 10.2. The van der Waals surface area contributed by atoms with Crippen molar-refractivity contribution in [3.05, 3.63) is 16.1 Å². The van der Waals surface area contributed by atoms with Gasteiger partial charge in [-0.25, -0.2) is 4.98 Å². The first-order valence-corrected chi connectivity index (χ1v) is 6.12. The summed E-state index contributed by atoms with van der Waals surface area (Å²) < 4.78 is 0. The second-order valence-electron chi connectivity index (χ2n) is 3.93. The number of aryl methyl sites for hydroxylation is 1. The van der Waals surface area contributed by atoms with Crippen molar-refractivity contribution < 1.29 is 4.79 Å². The zero-order chi connectivity index (χ0) is 11.3. The van der Waals surface area contributed by atoms with Gasteiger partial charge in [0.2, 0.25) is 0 Å². The molecule has 1 N–H and O–H groups in total. The highest BCUT2D eigenvalue weighted by molar-refractivity contribution is 7.09. The largest absolute Gasteiger partial charge is 0.314 e. The van der Waals surface area contributed by atoms with E-state index in [2.05, 4.69) is 24.1 Å². The molecular formula is C11H18N2OS. The fourth-order valence-corrected chi connectivity index (χ4v) is 1.89. The van der Waals surface area contributed by atoms with Crippen molar-refractivity contribution >= 4 is 17.1 Å². The molecule has 0 bridgehead atoms. The molecule has 0 saturated carbocycles. The van der Waals surface area contributed by atoms with Crippen molar-refractivity contribution in [2.75, 3.05) is 6.54 Å². The van der Waals surface area contributed by atoms with Crippen LogP contribution in [0.1, 0.15) is 31.0 Å². The molecule has 3 nitrogen and oxygen atoms in total. The molecular weight excluding hydrogens is 208 g/mol. The van der Waals surface area contributed by atoms with Crippen molar-refractivity contribution in [1.82, 2.24) is 10.3 Å². The molecule has 0 fully saturated rings. The lowest BCUT2D eigenvalue weighted by Gasteiger charge is -2.06. The van der Waals surface area contributed by atoms with Gasteiger partial charge in [-0.3, -0.25) is 4.79 Å². The van der Waals surface area contributed by atoms with Crippen molar-refractivity contribution in [2.24, 2.45) is 0 Å². The zero-order valence-electron chi connectivity index (χ0n) is 9.54. The Morgan fingerprint density at radius 3 is 2.87 bits per heavy atom. The van der Waals surface area contributed by atoms with Gasteiger partial charge in [-0.15, -0.1) is 11.3 Å². The number of carbonyl (C=O) groups is 1. The Kier molecular flexibility index (Phi) is 4.91. The highest BCUT2D eigenvalue weighted by Gasteiger charge is 2.06. The van der Waals surface area contributed by atoms with Crippen LogP contribution in [0.3, 0.4) is 0 Å². The van der Waals surface area contributed by atoms with E-state index in [0.717, 1.165) is 17.2 Å². The van der Waals surface area contributed by atoms with Crippen LogP contribution in [-0.4, -0.2) is 23.4 Å². The number of hydrogen-bond donors (Lipinski definition) is 1. The summed E-state index contributed by atoms with van der Waals surface area (Å²) in [6, 6.07) is 0.444. The van der Waals surface area contributed by atoms with Crippen LogP contribution in [0.4, 0.5) is 0 Å². The third kappa shape index (κ3) is 5.04. The molecule has 1 heterocycles. The van der Waals surface area contributed by atoms with Gasteiger partial charge in [0.05, 0.1) is 10.7 Å². The van der Waals surface area contributed by atoms with E-state index in [0.29, 0.717) is 18.9 Å². The van der Waals surface area contributed by atoms with E-state index in [9.17, 15) is 4.79 Å². The summed E-state index contributed by atoms with van der Waals surface area (Å²) in [7, 11) is 0. The molecule has 0 radical (unpaired) electrons. The van der Waals surface area contributed by atoms with Gasteiger partial charge >= 0.3 is 0 Å². The SMILES string of the molecule is Cc1nc(CC(=O)CCNC(C)C)cs1. The standard InChI is InChI=1S/C11H18N2OS/c1-8(2)12-5-4-11(14)6-10-7-15-9(3)13-10/h7-8,12H,4-6H2,1-3H3. The molecule has 4 heteroatoms. The molecule has 0 amide bonds. The number of aromatic nitrogens is 1. The molecule has 1 rings (SSSR count). The smallest absolute Gasteiger partial charge is 0.140 e. The molecule has 0 unspecified atom stereocenters. The van der Waals surface area contributed by atoms with E-state index in [4.69, 9.17) is 0 Å². The second-order valence-corrected chi connectivity index (χ2v) is 4.99. The number of rotatable bonds is 6. The van der Waals surface area contributed by atoms with Gasteiger partial charge in [0.25, 0.3) is 0 Å². The van der Waals surface area contributed by atoms with Crippen LogP contribution in [0.25, 0.3) is 0 Å². The molecule has 1 aromatic rings. The lowest BCUT2D eigenvalue weighted by molar-refractivity contribution is -0.118. The Bertz CT molecular complexity index is 320. The maximum Gasteiger partial charge on any atom is 0.140 e. The molecule has 1 aromatic heterocycles. The Hall–Kier alpha value is -0.740. The molecule has 15 heavy (non-hydrogen) atoms. The van der Waals surface area contributed by atoms with Gasteiger partial charge in [-0.1, -0.05) is 13.8 Å². The fourth-order valence-electron chi connectivity index (χ4n) is 1.28. The van der Waals surface area contributed by atoms with Crippen LogP contribution >= 0.6 is 11.3 Å². The highest BCUT2D eigenvalue weighted by atomic mass is 32.1. The molecule has 0 spiro atoms. The third-order valence-corrected chi connectivity index (χ3v) is 2.82. The summed E-state index contributed by atoms with van der Waals surface area (Å²) in [5, 5.41) is 6.22. The molecule has 0 aliphatic heterocycles. The first-order valence-electron chi connectivity index (χ1n) is 5.24. The summed E-state index contributed by atoms with van der Waals surface area (Å²) in [6.45, 7) is 6.88. The summed E-state index contributed by atoms with van der Waals surface area (Å²) in [6.07, 6.45) is 1.07. The average Bonchev–Trinajstić information content (AvgIpc) is 2.50. The quantitative estimate of drug-likeness (QED) is 0.806. The van der Waals surface area contributed by atoms with E-state index < -0.39 is 0 Å². The lowest BCUT2D eigenvalue weighted by Crippen LogP contribution is -2.25. The number of carbonyl (C=O) groups excluding carboxylic acids is 1. The van der Waals surface area contributed by atoms with Crippen LogP contribution in [-0.2, 0) is 11.2 Å². The average molecular weight is 226 g/mol. The maximum atomic E-state index is 11.5. The fraction of sp³-hybridized carbons (Fsp3) is 0.636. The van der Waals surface area contributed by atoms with Crippen LogP contribution in [0.2, 0.25) is 0 Å². The van der Waals surface area contributed by atoms with E-state index in [1.807, 2.05) is 12.3 Å². The van der Waals surface area contributed by atoms with Gasteiger partial charge in [-0.05, 0) is 6.92 Å². The molecule has 0 saturated heterocycles. The minimum absolute atomic E-state index is 0.258. The zero-order valence-corrected chi connectivity index (χ0v) is 10.4. The summed E-state index contributed by atoms with van der Waals surface area (Å²) in [5.74, 6) is 0.258. The van der Waals surface area contributed by atoms with Gasteiger partial charge in [0.15, 0.2) is 0 Å². The van der Waals surface area contributed by atoms with Crippen molar-refractivity contribution in [3.8, 4) is 0 Å². The maximum absolute atomic E-state index is 11.5. The van der Waals surface area contributed by atoms with Gasteiger partial charge in [0.1, 0.15) is 5.78 Å². The van der Waals surface area contributed by atoms with E-state index in [-0.39, 0.29) is 5.78 Å². The molecule has 0 atom stereocenters. The number of hydrogen-bond acceptors (Lipinski definition) is 4. The van der Waals surface area contributed by atoms with E-state index in [1.54, 1.807) is 11.3 Å². The number of nitrogens with one attached hydrogen (secondary N) is 1. The van der Waals surface area contributed by atoms with Crippen molar-refractivity contribution in [1.29, 1.82) is 0 Å².